The van der Waals surface area contributed by atoms with Crippen LogP contribution in [0.25, 0.3) is 5.57 Å². The summed E-state index contributed by atoms with van der Waals surface area (Å²) in [5.74, 6) is -0.688. The van der Waals surface area contributed by atoms with Crippen LogP contribution in [0.2, 0.25) is 0 Å². The minimum atomic E-state index is -4.56. The van der Waals surface area contributed by atoms with Crippen molar-refractivity contribution in [2.45, 2.75) is 44.3 Å². The number of carbonyl (C=O) groups is 2. The van der Waals surface area contributed by atoms with Gasteiger partial charge in [0.1, 0.15) is 0 Å². The maximum Gasteiger partial charge on any atom is 0.416 e. The van der Waals surface area contributed by atoms with Crippen LogP contribution in [0.3, 0.4) is 0 Å². The van der Waals surface area contributed by atoms with Crippen molar-refractivity contribution < 1.29 is 22.8 Å². The smallest absolute Gasteiger partial charge is 0.299 e. The lowest BCUT2D eigenvalue weighted by Crippen LogP contribution is -2.55. The van der Waals surface area contributed by atoms with Gasteiger partial charge in [0, 0.05) is 16.8 Å². The number of fused-ring (bicyclic) bond motifs is 1. The average molecular weight is 459 g/mol. The zero-order valence-electron chi connectivity index (χ0n) is 18.0. The number of hydrogen-bond acceptors (Lipinski definition) is 3. The summed E-state index contributed by atoms with van der Waals surface area (Å²) in [4.78, 5) is 28.7. The third-order valence-electron chi connectivity index (χ3n) is 6.31. The van der Waals surface area contributed by atoms with Crippen molar-refractivity contribution in [3.8, 4) is 0 Å². The summed E-state index contributed by atoms with van der Waals surface area (Å²) >= 11 is 1.17. The second-order valence-electron chi connectivity index (χ2n) is 9.04. The van der Waals surface area contributed by atoms with Gasteiger partial charge in [-0.15, -0.1) is 11.8 Å². The van der Waals surface area contributed by atoms with Gasteiger partial charge in [-0.25, -0.2) is 0 Å². The summed E-state index contributed by atoms with van der Waals surface area (Å²) in [5.41, 5.74) is 2.82. The van der Waals surface area contributed by atoms with Crippen molar-refractivity contribution in [2.75, 3.05) is 15.6 Å². The Morgan fingerprint density at radius 1 is 1.03 bits per heavy atom. The number of anilines is 2. The molecule has 5 rings (SSSR count). The Hall–Kier alpha value is -2.74. The monoisotopic (exact) mass is 458 g/mol. The molecule has 166 valence electrons. The first kappa shape index (κ1) is 21.1. The zero-order valence-corrected chi connectivity index (χ0v) is 18.8. The normalized spacial score (nSPS) is 23.8. The average Bonchev–Trinajstić information content (AvgIpc) is 3.16. The SMILES string of the molecule is CC1=CC(C)(C)N2C(=O)[C@]3(SCC(=O)N3c3cccc(C(F)(F)F)c3)c3cc(C)cc1c32. The Labute approximate surface area is 188 Å². The van der Waals surface area contributed by atoms with E-state index in [0.29, 0.717) is 5.56 Å². The molecule has 2 aromatic carbocycles. The number of benzene rings is 2. The molecule has 2 amide bonds. The van der Waals surface area contributed by atoms with Crippen LogP contribution in [0, 0.1) is 6.92 Å². The second-order valence-corrected chi connectivity index (χ2v) is 10.2. The summed E-state index contributed by atoms with van der Waals surface area (Å²) in [7, 11) is 0. The predicted octanol–water partition coefficient (Wildman–Crippen LogP) is 5.49. The van der Waals surface area contributed by atoms with Gasteiger partial charge in [-0.2, -0.15) is 13.2 Å². The van der Waals surface area contributed by atoms with Gasteiger partial charge in [-0.3, -0.25) is 19.4 Å². The molecular weight excluding hydrogens is 437 g/mol. The molecule has 1 saturated heterocycles. The number of halogens is 3. The van der Waals surface area contributed by atoms with E-state index in [1.165, 1.54) is 28.8 Å². The van der Waals surface area contributed by atoms with Crippen LogP contribution in [0.15, 0.2) is 42.5 Å². The number of allylic oxidation sites excluding steroid dienone is 1. The third-order valence-corrected chi connectivity index (χ3v) is 7.69. The summed E-state index contributed by atoms with van der Waals surface area (Å²) < 4.78 is 40.3. The minimum Gasteiger partial charge on any atom is -0.299 e. The van der Waals surface area contributed by atoms with Gasteiger partial charge >= 0.3 is 6.18 Å². The largest absolute Gasteiger partial charge is 0.416 e. The van der Waals surface area contributed by atoms with Crippen LogP contribution >= 0.6 is 11.8 Å². The summed E-state index contributed by atoms with van der Waals surface area (Å²) in [5, 5.41) is 0. The van der Waals surface area contributed by atoms with Gasteiger partial charge in [0.2, 0.25) is 10.8 Å². The second kappa shape index (κ2) is 6.41. The van der Waals surface area contributed by atoms with Crippen LogP contribution in [-0.4, -0.2) is 23.1 Å². The van der Waals surface area contributed by atoms with Gasteiger partial charge in [0.15, 0.2) is 0 Å². The van der Waals surface area contributed by atoms with Crippen molar-refractivity contribution >= 4 is 40.5 Å². The molecule has 3 aliphatic rings. The first-order chi connectivity index (χ1) is 14.9. The number of rotatable bonds is 1. The van der Waals surface area contributed by atoms with E-state index in [4.69, 9.17) is 0 Å². The first-order valence-electron chi connectivity index (χ1n) is 10.2. The predicted molar refractivity (Wildman–Crippen MR) is 119 cm³/mol. The fraction of sp³-hybridized carbons (Fsp3) is 0.333. The molecule has 1 spiro atoms. The molecule has 4 nitrogen and oxygen atoms in total. The van der Waals surface area contributed by atoms with Gasteiger partial charge in [-0.1, -0.05) is 18.2 Å². The topological polar surface area (TPSA) is 40.6 Å². The summed E-state index contributed by atoms with van der Waals surface area (Å²) in [6.07, 6.45) is -2.54. The van der Waals surface area contributed by atoms with E-state index in [-0.39, 0.29) is 23.3 Å². The van der Waals surface area contributed by atoms with Crippen molar-refractivity contribution in [1.82, 2.24) is 0 Å². The lowest BCUT2D eigenvalue weighted by Gasteiger charge is -2.40. The van der Waals surface area contributed by atoms with Crippen molar-refractivity contribution in [3.05, 3.63) is 64.7 Å². The molecule has 0 N–H and O–H groups in total. The zero-order chi connectivity index (χ0) is 23.2. The Morgan fingerprint density at radius 3 is 2.44 bits per heavy atom. The maximum absolute atomic E-state index is 14.1. The number of thioether (sulfide) groups is 1. The van der Waals surface area contributed by atoms with Gasteiger partial charge in [0.25, 0.3) is 5.91 Å². The molecule has 0 radical (unpaired) electrons. The Morgan fingerprint density at radius 2 is 1.75 bits per heavy atom. The Kier molecular flexibility index (Phi) is 4.23. The Bertz CT molecular complexity index is 1230. The van der Waals surface area contributed by atoms with Gasteiger partial charge in [-0.05, 0) is 63.1 Å². The van der Waals surface area contributed by atoms with Crippen LogP contribution < -0.4 is 9.80 Å². The molecule has 0 aliphatic carbocycles. The van der Waals surface area contributed by atoms with E-state index < -0.39 is 22.1 Å². The molecule has 3 aliphatic heterocycles. The Balaban J connectivity index is 1.79. The van der Waals surface area contributed by atoms with Crippen molar-refractivity contribution in [1.29, 1.82) is 0 Å². The van der Waals surface area contributed by atoms with E-state index in [2.05, 4.69) is 0 Å². The summed E-state index contributed by atoms with van der Waals surface area (Å²) in [6, 6.07) is 8.55. The molecule has 8 heteroatoms. The highest BCUT2D eigenvalue weighted by Crippen LogP contribution is 2.60. The molecule has 32 heavy (non-hydrogen) atoms. The van der Waals surface area contributed by atoms with E-state index in [0.717, 1.165) is 34.5 Å². The first-order valence-corrected chi connectivity index (χ1v) is 11.2. The number of alkyl halides is 3. The number of carbonyl (C=O) groups excluding carboxylic acids is 2. The van der Waals surface area contributed by atoms with Crippen LogP contribution in [0.5, 0.6) is 0 Å². The highest BCUT2D eigenvalue weighted by Gasteiger charge is 2.64. The van der Waals surface area contributed by atoms with Gasteiger partial charge < -0.3 is 0 Å². The van der Waals surface area contributed by atoms with E-state index >= 15 is 0 Å². The van der Waals surface area contributed by atoms with E-state index in [9.17, 15) is 22.8 Å². The van der Waals surface area contributed by atoms with Crippen LogP contribution in [0.1, 0.15) is 43.0 Å². The number of aryl methyl sites for hydroxylation is 1. The number of hydrogen-bond donors (Lipinski definition) is 0. The lowest BCUT2D eigenvalue weighted by molar-refractivity contribution is -0.137. The van der Waals surface area contributed by atoms with Crippen LogP contribution in [-0.2, 0) is 20.6 Å². The molecule has 0 bridgehead atoms. The maximum atomic E-state index is 14.1. The number of amides is 2. The molecule has 1 fully saturated rings. The van der Waals surface area contributed by atoms with Gasteiger partial charge in [0.05, 0.1) is 22.5 Å². The fourth-order valence-corrected chi connectivity index (χ4v) is 6.47. The lowest BCUT2D eigenvalue weighted by atomic mass is 9.88. The molecule has 0 aromatic heterocycles. The van der Waals surface area contributed by atoms with Crippen LogP contribution in [0.4, 0.5) is 24.5 Å². The fourth-order valence-electron chi connectivity index (χ4n) is 5.14. The van der Waals surface area contributed by atoms with Crippen molar-refractivity contribution in [3.63, 3.8) is 0 Å². The van der Waals surface area contributed by atoms with E-state index in [1.54, 1.807) is 4.90 Å². The van der Waals surface area contributed by atoms with E-state index in [1.807, 2.05) is 45.9 Å². The molecule has 0 saturated carbocycles. The highest BCUT2D eigenvalue weighted by atomic mass is 32.2. The highest BCUT2D eigenvalue weighted by molar-refractivity contribution is 8.02. The molecule has 1 atom stereocenters. The molecular formula is C24H21F3N2O2S. The molecule has 2 aromatic rings. The number of nitrogens with zero attached hydrogens (tertiary/aromatic N) is 2. The standard InChI is InChI=1S/C24H21F3N2O2S/c1-13-8-17-14(2)11-22(3,4)29-20(17)18(9-13)23(21(29)31)28(19(30)12-32-23)16-7-5-6-15(10-16)24(25,26)27/h5-11H,12H2,1-4H3/t23-/m1/s1. The molecule has 3 heterocycles. The quantitative estimate of drug-likeness (QED) is 0.568. The van der Waals surface area contributed by atoms with Crippen molar-refractivity contribution in [2.24, 2.45) is 0 Å². The summed E-state index contributed by atoms with van der Waals surface area (Å²) in [6.45, 7) is 7.76. The third kappa shape index (κ3) is 2.65. The minimum absolute atomic E-state index is 0.00534. The molecule has 0 unspecified atom stereocenters.